The number of hydrogen-bond acceptors (Lipinski definition) is 7. The maximum absolute atomic E-state index is 12.4. The molecule has 0 unspecified atom stereocenters. The molecule has 0 bridgehead atoms. The van der Waals surface area contributed by atoms with E-state index in [0.717, 1.165) is 22.8 Å². The first-order valence-electron chi connectivity index (χ1n) is 7.57. The normalized spacial score (nSPS) is 15.3. The first-order chi connectivity index (χ1) is 11.1. The topological polar surface area (TPSA) is 88.1 Å². The summed E-state index contributed by atoms with van der Waals surface area (Å²) in [7, 11) is -3.23. The maximum atomic E-state index is 12.4. The molecule has 0 saturated carbocycles. The molecule has 23 heavy (non-hydrogen) atoms. The molecule has 3 heterocycles. The first-order valence-corrected chi connectivity index (χ1v) is 10.1. The fraction of sp³-hybridized carbons (Fsp3) is 0.500. The summed E-state index contributed by atoms with van der Waals surface area (Å²) in [6.45, 7) is 2.79. The number of anilines is 2. The molecular formula is C14H19N5O2S2. The Labute approximate surface area is 139 Å². The Balaban J connectivity index is 1.84. The van der Waals surface area contributed by atoms with E-state index in [-0.39, 0.29) is 5.75 Å². The molecule has 0 spiro atoms. The summed E-state index contributed by atoms with van der Waals surface area (Å²) >= 11 is 1.47. The van der Waals surface area contributed by atoms with Crippen LogP contribution in [-0.4, -0.2) is 40.0 Å². The van der Waals surface area contributed by atoms with Gasteiger partial charge < -0.3 is 5.32 Å². The number of sulfonamides is 1. The maximum Gasteiger partial charge on any atom is 0.214 e. The summed E-state index contributed by atoms with van der Waals surface area (Å²) < 4.78 is 26.4. The third-order valence-corrected chi connectivity index (χ3v) is 6.37. The summed E-state index contributed by atoms with van der Waals surface area (Å²) in [4.78, 5) is 12.8. The smallest absolute Gasteiger partial charge is 0.214 e. The minimum atomic E-state index is -3.23. The molecule has 0 atom stereocenters. The van der Waals surface area contributed by atoms with Crippen LogP contribution in [0.1, 0.15) is 31.0 Å². The molecule has 0 radical (unpaired) electrons. The quantitative estimate of drug-likeness (QED) is 0.856. The lowest BCUT2D eigenvalue weighted by Gasteiger charge is -2.28. The van der Waals surface area contributed by atoms with Crippen molar-refractivity contribution in [3.63, 3.8) is 0 Å². The van der Waals surface area contributed by atoms with Gasteiger partial charge in [0.2, 0.25) is 10.0 Å². The van der Waals surface area contributed by atoms with Crippen molar-refractivity contribution in [3.8, 4) is 0 Å². The number of thiazole rings is 1. The molecule has 2 aromatic heterocycles. The van der Waals surface area contributed by atoms with Crippen LogP contribution < -0.4 is 5.32 Å². The molecular weight excluding hydrogens is 334 g/mol. The summed E-state index contributed by atoms with van der Waals surface area (Å²) in [6.07, 6.45) is 5.37. The van der Waals surface area contributed by atoms with Gasteiger partial charge in [0.25, 0.3) is 0 Å². The number of nitrogens with one attached hydrogen (secondary N) is 1. The van der Waals surface area contributed by atoms with Crippen LogP contribution in [0.15, 0.2) is 17.9 Å². The molecule has 1 aliphatic rings. The minimum absolute atomic E-state index is 0.196. The Morgan fingerprint density at radius 2 is 2.22 bits per heavy atom. The number of rotatable bonds is 6. The predicted octanol–water partition coefficient (Wildman–Crippen LogP) is 2.16. The van der Waals surface area contributed by atoms with Gasteiger partial charge in [0.1, 0.15) is 12.1 Å². The summed E-state index contributed by atoms with van der Waals surface area (Å²) in [5.41, 5.74) is 1.75. The van der Waals surface area contributed by atoms with Crippen molar-refractivity contribution in [1.29, 1.82) is 0 Å². The molecule has 9 heteroatoms. The molecule has 1 aliphatic heterocycles. The molecule has 0 aliphatic carbocycles. The highest BCUT2D eigenvalue weighted by Gasteiger charge is 2.29. The van der Waals surface area contributed by atoms with Crippen molar-refractivity contribution in [3.05, 3.63) is 29.2 Å². The molecule has 3 rings (SSSR count). The number of nitrogens with zero attached hydrogens (tertiary/aromatic N) is 4. The lowest BCUT2D eigenvalue weighted by atomic mass is 10.1. The van der Waals surface area contributed by atoms with Gasteiger partial charge in [-0.05, 0) is 6.42 Å². The Bertz CT molecular complexity index is 761. The average Bonchev–Trinajstić information content (AvgIpc) is 3.06. The van der Waals surface area contributed by atoms with E-state index in [0.29, 0.717) is 31.7 Å². The van der Waals surface area contributed by atoms with Crippen LogP contribution in [0.5, 0.6) is 0 Å². The van der Waals surface area contributed by atoms with Gasteiger partial charge in [0, 0.05) is 36.7 Å². The third kappa shape index (κ3) is 3.67. The van der Waals surface area contributed by atoms with Crippen molar-refractivity contribution < 1.29 is 8.42 Å². The van der Waals surface area contributed by atoms with Gasteiger partial charge in [0.15, 0.2) is 5.13 Å². The van der Waals surface area contributed by atoms with Gasteiger partial charge in [-0.15, -0.1) is 11.3 Å². The zero-order chi connectivity index (χ0) is 16.3. The van der Waals surface area contributed by atoms with Gasteiger partial charge >= 0.3 is 0 Å². The molecule has 0 amide bonds. The second-order valence-electron chi connectivity index (χ2n) is 5.36. The number of aromatic nitrogens is 3. The highest BCUT2D eigenvalue weighted by atomic mass is 32.2. The molecule has 1 N–H and O–H groups in total. The van der Waals surface area contributed by atoms with Crippen LogP contribution in [0.25, 0.3) is 0 Å². The van der Waals surface area contributed by atoms with Crippen LogP contribution >= 0.6 is 11.3 Å². The third-order valence-electron chi connectivity index (χ3n) is 3.77. The van der Waals surface area contributed by atoms with Crippen molar-refractivity contribution in [2.75, 3.05) is 17.6 Å². The van der Waals surface area contributed by atoms with Gasteiger partial charge in [-0.25, -0.2) is 23.4 Å². The molecule has 7 nitrogen and oxygen atoms in total. The molecule has 124 valence electrons. The van der Waals surface area contributed by atoms with Crippen LogP contribution in [0.4, 0.5) is 10.9 Å². The Kier molecular flexibility index (Phi) is 4.88. The van der Waals surface area contributed by atoms with Gasteiger partial charge in [-0.3, -0.25) is 0 Å². The van der Waals surface area contributed by atoms with Crippen molar-refractivity contribution in [2.24, 2.45) is 0 Å². The molecule has 0 aromatic carbocycles. The van der Waals surface area contributed by atoms with Crippen molar-refractivity contribution in [1.82, 2.24) is 19.3 Å². The minimum Gasteiger partial charge on any atom is -0.316 e. The molecule has 0 saturated heterocycles. The Morgan fingerprint density at radius 3 is 2.96 bits per heavy atom. The van der Waals surface area contributed by atoms with E-state index in [1.165, 1.54) is 17.7 Å². The highest BCUT2D eigenvalue weighted by molar-refractivity contribution is 7.89. The molecule has 2 aromatic rings. The van der Waals surface area contributed by atoms with E-state index >= 15 is 0 Å². The van der Waals surface area contributed by atoms with Crippen LogP contribution in [0.2, 0.25) is 0 Å². The van der Waals surface area contributed by atoms with Crippen LogP contribution in [0, 0.1) is 0 Å². The SMILES string of the molecule is CCCCS(=O)(=O)N1CCc2ncnc(Nc3nccs3)c2C1. The standard InChI is InChI=1S/C14H19N5O2S2/c1-2-3-8-23(20,21)19-6-4-12-11(9-19)13(17-10-16-12)18-14-15-5-7-22-14/h5,7,10H,2-4,6,8-9H2,1H3,(H,15,16,17,18). The molecule has 0 fully saturated rings. The summed E-state index contributed by atoms with van der Waals surface area (Å²) in [6, 6.07) is 0. The van der Waals surface area contributed by atoms with Crippen LogP contribution in [-0.2, 0) is 23.0 Å². The fourth-order valence-corrected chi connectivity index (χ4v) is 4.64. The lowest BCUT2D eigenvalue weighted by Crippen LogP contribution is -2.38. The highest BCUT2D eigenvalue weighted by Crippen LogP contribution is 2.27. The van der Waals surface area contributed by atoms with Crippen LogP contribution in [0.3, 0.4) is 0 Å². The van der Waals surface area contributed by atoms with E-state index in [2.05, 4.69) is 20.3 Å². The van der Waals surface area contributed by atoms with Gasteiger partial charge in [-0.1, -0.05) is 13.3 Å². The number of hydrogen-bond donors (Lipinski definition) is 1. The van der Waals surface area contributed by atoms with E-state index in [4.69, 9.17) is 0 Å². The second-order valence-corrected chi connectivity index (χ2v) is 8.35. The fourth-order valence-electron chi connectivity index (χ4n) is 2.50. The first kappa shape index (κ1) is 16.3. The predicted molar refractivity (Wildman–Crippen MR) is 90.2 cm³/mol. The summed E-state index contributed by atoms with van der Waals surface area (Å²) in [5, 5.41) is 5.77. The van der Waals surface area contributed by atoms with E-state index < -0.39 is 10.0 Å². The Hall–Kier alpha value is -1.58. The zero-order valence-corrected chi connectivity index (χ0v) is 14.5. The van der Waals surface area contributed by atoms with E-state index in [1.807, 2.05) is 12.3 Å². The number of fused-ring (bicyclic) bond motifs is 1. The number of unbranched alkanes of at least 4 members (excludes halogenated alkanes) is 1. The van der Waals surface area contributed by atoms with E-state index in [1.54, 1.807) is 10.5 Å². The van der Waals surface area contributed by atoms with Crippen molar-refractivity contribution >= 4 is 32.3 Å². The van der Waals surface area contributed by atoms with Gasteiger partial charge in [-0.2, -0.15) is 4.31 Å². The Morgan fingerprint density at radius 1 is 1.35 bits per heavy atom. The van der Waals surface area contributed by atoms with Gasteiger partial charge in [0.05, 0.1) is 11.4 Å². The zero-order valence-electron chi connectivity index (χ0n) is 12.9. The largest absolute Gasteiger partial charge is 0.316 e. The van der Waals surface area contributed by atoms with E-state index in [9.17, 15) is 8.42 Å². The lowest BCUT2D eigenvalue weighted by molar-refractivity contribution is 0.387. The summed E-state index contributed by atoms with van der Waals surface area (Å²) in [5.74, 6) is 0.835. The second kappa shape index (κ2) is 6.90. The average molecular weight is 353 g/mol. The monoisotopic (exact) mass is 353 g/mol. The van der Waals surface area contributed by atoms with Crippen molar-refractivity contribution in [2.45, 2.75) is 32.7 Å².